The molecule has 0 radical (unpaired) electrons. The number of benzene rings is 1. The van der Waals surface area contributed by atoms with Crippen LogP contribution in [0.5, 0.6) is 0 Å². The molecule has 0 aliphatic heterocycles. The first-order valence-corrected chi connectivity index (χ1v) is 7.56. The van der Waals surface area contributed by atoms with Crippen molar-refractivity contribution in [1.29, 1.82) is 0 Å². The predicted octanol–water partition coefficient (Wildman–Crippen LogP) is 3.20. The summed E-state index contributed by atoms with van der Waals surface area (Å²) in [4.78, 5) is 12.0. The first-order valence-electron chi connectivity index (χ1n) is 7.56. The summed E-state index contributed by atoms with van der Waals surface area (Å²) in [5.41, 5.74) is 1.83. The smallest absolute Gasteiger partial charge is 0.315 e. The number of aromatic amines is 1. The number of nitrogens with one attached hydrogen (secondary N) is 3. The molecule has 7 heteroatoms. The first kappa shape index (κ1) is 16.9. The lowest BCUT2D eigenvalue weighted by Gasteiger charge is -2.18. The molecular formula is C16H20F2N4O. The predicted molar refractivity (Wildman–Crippen MR) is 82.7 cm³/mol. The summed E-state index contributed by atoms with van der Waals surface area (Å²) in [6, 6.07) is 4.03. The third-order valence-electron chi connectivity index (χ3n) is 3.53. The number of halogens is 2. The van der Waals surface area contributed by atoms with Crippen LogP contribution in [0.2, 0.25) is 0 Å². The number of hydrogen-bond acceptors (Lipinski definition) is 2. The number of rotatable bonds is 6. The van der Waals surface area contributed by atoms with Crippen molar-refractivity contribution in [3.63, 3.8) is 0 Å². The molecule has 0 saturated heterocycles. The molecule has 0 aliphatic carbocycles. The molecule has 0 aliphatic rings. The quantitative estimate of drug-likeness (QED) is 0.764. The second kappa shape index (κ2) is 7.71. The van der Waals surface area contributed by atoms with E-state index in [1.807, 2.05) is 13.0 Å². The van der Waals surface area contributed by atoms with Crippen molar-refractivity contribution in [2.45, 2.75) is 39.3 Å². The number of aromatic nitrogens is 2. The van der Waals surface area contributed by atoms with E-state index in [1.54, 1.807) is 6.92 Å². The second-order valence-corrected chi connectivity index (χ2v) is 5.19. The van der Waals surface area contributed by atoms with Gasteiger partial charge in [-0.05, 0) is 37.1 Å². The highest BCUT2D eigenvalue weighted by Crippen LogP contribution is 2.21. The minimum atomic E-state index is -0.598. The molecule has 0 bridgehead atoms. The van der Waals surface area contributed by atoms with Gasteiger partial charge >= 0.3 is 6.03 Å². The monoisotopic (exact) mass is 322 g/mol. The second-order valence-electron chi connectivity index (χ2n) is 5.19. The van der Waals surface area contributed by atoms with Crippen LogP contribution in [0.25, 0.3) is 0 Å². The molecule has 124 valence electrons. The molecule has 2 amide bonds. The van der Waals surface area contributed by atoms with Gasteiger partial charge in [-0.15, -0.1) is 0 Å². The number of H-pyrrole nitrogens is 1. The van der Waals surface area contributed by atoms with Crippen LogP contribution in [0, 0.1) is 11.6 Å². The Morgan fingerprint density at radius 3 is 2.74 bits per heavy atom. The fourth-order valence-electron chi connectivity index (χ4n) is 2.25. The van der Waals surface area contributed by atoms with Gasteiger partial charge in [0.05, 0.1) is 24.0 Å². The van der Waals surface area contributed by atoms with Crippen molar-refractivity contribution in [1.82, 2.24) is 20.8 Å². The van der Waals surface area contributed by atoms with E-state index in [1.165, 1.54) is 0 Å². The third kappa shape index (κ3) is 4.51. The maximum atomic E-state index is 13.8. The van der Waals surface area contributed by atoms with Crippen molar-refractivity contribution < 1.29 is 13.6 Å². The van der Waals surface area contributed by atoms with E-state index < -0.39 is 23.7 Å². The van der Waals surface area contributed by atoms with Crippen LogP contribution in [0.4, 0.5) is 13.6 Å². The Morgan fingerprint density at radius 2 is 2.09 bits per heavy atom. The molecule has 0 saturated carbocycles. The third-order valence-corrected chi connectivity index (χ3v) is 3.53. The normalized spacial score (nSPS) is 12.0. The summed E-state index contributed by atoms with van der Waals surface area (Å²) in [7, 11) is 0. The van der Waals surface area contributed by atoms with E-state index in [0.29, 0.717) is 6.42 Å². The number of carbonyl (C=O) groups excluding carboxylic acids is 1. The Bertz CT molecular complexity index is 672. The molecular weight excluding hydrogens is 302 g/mol. The van der Waals surface area contributed by atoms with Crippen LogP contribution in [0.15, 0.2) is 24.3 Å². The van der Waals surface area contributed by atoms with E-state index >= 15 is 0 Å². The van der Waals surface area contributed by atoms with E-state index in [-0.39, 0.29) is 12.1 Å². The number of aryl methyl sites for hydroxylation is 1. The van der Waals surface area contributed by atoms with Gasteiger partial charge in [0.1, 0.15) is 11.6 Å². The topological polar surface area (TPSA) is 69.8 Å². The van der Waals surface area contributed by atoms with Crippen molar-refractivity contribution >= 4 is 6.03 Å². The molecule has 2 aromatic rings. The van der Waals surface area contributed by atoms with Gasteiger partial charge in [0.15, 0.2) is 0 Å². The van der Waals surface area contributed by atoms with Gasteiger partial charge in [0.2, 0.25) is 0 Å². The lowest BCUT2D eigenvalue weighted by atomic mass is 10.0. The molecule has 0 spiro atoms. The number of amides is 2. The summed E-state index contributed by atoms with van der Waals surface area (Å²) in [5.74, 6) is -1.08. The summed E-state index contributed by atoms with van der Waals surface area (Å²) >= 11 is 0. The van der Waals surface area contributed by atoms with Gasteiger partial charge in [0.25, 0.3) is 0 Å². The summed E-state index contributed by atoms with van der Waals surface area (Å²) in [5, 5.41) is 12.2. The van der Waals surface area contributed by atoms with Crippen LogP contribution < -0.4 is 10.6 Å². The molecule has 0 fully saturated rings. The van der Waals surface area contributed by atoms with E-state index in [9.17, 15) is 13.6 Å². The maximum Gasteiger partial charge on any atom is 0.315 e. The summed E-state index contributed by atoms with van der Waals surface area (Å²) in [6.45, 7) is 4.05. The summed E-state index contributed by atoms with van der Waals surface area (Å²) < 4.78 is 27.1. The van der Waals surface area contributed by atoms with Crippen LogP contribution in [-0.2, 0) is 13.0 Å². The lowest BCUT2D eigenvalue weighted by molar-refractivity contribution is 0.236. The van der Waals surface area contributed by atoms with Gasteiger partial charge < -0.3 is 10.6 Å². The molecule has 2 rings (SSSR count). The summed E-state index contributed by atoms with van der Waals surface area (Å²) in [6.07, 6.45) is 1.25. The number of urea groups is 1. The van der Waals surface area contributed by atoms with Crippen LogP contribution in [-0.4, -0.2) is 16.2 Å². The van der Waals surface area contributed by atoms with Crippen LogP contribution in [0.1, 0.15) is 43.3 Å². The highest BCUT2D eigenvalue weighted by Gasteiger charge is 2.17. The lowest BCUT2D eigenvalue weighted by Crippen LogP contribution is -2.37. The van der Waals surface area contributed by atoms with Crippen molar-refractivity contribution in [3.8, 4) is 0 Å². The van der Waals surface area contributed by atoms with Crippen LogP contribution in [0.3, 0.4) is 0 Å². The van der Waals surface area contributed by atoms with E-state index in [0.717, 1.165) is 36.0 Å². The molecule has 0 unspecified atom stereocenters. The average Bonchev–Trinajstić information content (AvgIpc) is 3.01. The molecule has 3 N–H and O–H groups in total. The van der Waals surface area contributed by atoms with Gasteiger partial charge in [0, 0.05) is 5.56 Å². The first-order chi connectivity index (χ1) is 11.0. The zero-order valence-corrected chi connectivity index (χ0v) is 13.1. The SMILES string of the molecule is CCc1cc(CNC(=O)N[C@H](CC)c2cc(F)ccc2F)[nH]n1. The maximum absolute atomic E-state index is 13.8. The van der Waals surface area contributed by atoms with Gasteiger partial charge in [-0.3, -0.25) is 5.10 Å². The number of carbonyl (C=O) groups is 1. The van der Waals surface area contributed by atoms with Crippen molar-refractivity contribution in [2.75, 3.05) is 0 Å². The van der Waals surface area contributed by atoms with Crippen molar-refractivity contribution in [2.24, 2.45) is 0 Å². The Kier molecular flexibility index (Phi) is 5.67. The van der Waals surface area contributed by atoms with Gasteiger partial charge in [-0.1, -0.05) is 13.8 Å². The highest BCUT2D eigenvalue weighted by atomic mass is 19.1. The molecule has 1 heterocycles. The highest BCUT2D eigenvalue weighted by molar-refractivity contribution is 5.74. The molecule has 1 aromatic carbocycles. The minimum absolute atomic E-state index is 0.137. The fourth-order valence-corrected chi connectivity index (χ4v) is 2.25. The molecule has 1 atom stereocenters. The fraction of sp³-hybridized carbons (Fsp3) is 0.375. The van der Waals surface area contributed by atoms with E-state index in [4.69, 9.17) is 0 Å². The zero-order chi connectivity index (χ0) is 16.8. The van der Waals surface area contributed by atoms with E-state index in [2.05, 4.69) is 20.8 Å². The largest absolute Gasteiger partial charge is 0.333 e. The number of hydrogen-bond donors (Lipinski definition) is 3. The Hall–Kier alpha value is -2.44. The Balaban J connectivity index is 1.95. The Morgan fingerprint density at radius 1 is 1.30 bits per heavy atom. The average molecular weight is 322 g/mol. The molecule has 23 heavy (non-hydrogen) atoms. The van der Waals surface area contributed by atoms with Gasteiger partial charge in [-0.25, -0.2) is 13.6 Å². The molecule has 5 nitrogen and oxygen atoms in total. The number of nitrogens with zero attached hydrogens (tertiary/aromatic N) is 1. The van der Waals surface area contributed by atoms with Crippen molar-refractivity contribution in [3.05, 3.63) is 52.9 Å². The standard InChI is InChI=1S/C16H20F2N4O/c1-3-11-8-12(22-21-11)9-19-16(23)20-15(4-2)13-7-10(17)5-6-14(13)18/h5-8,15H,3-4,9H2,1-2H3,(H,21,22)(H2,19,20,23)/t15-/m1/s1. The molecule has 1 aromatic heterocycles. The zero-order valence-electron chi connectivity index (χ0n) is 13.1. The van der Waals surface area contributed by atoms with Gasteiger partial charge in [-0.2, -0.15) is 5.10 Å². The Labute approximate surface area is 133 Å². The van der Waals surface area contributed by atoms with Crippen LogP contribution >= 0.6 is 0 Å². The minimum Gasteiger partial charge on any atom is -0.333 e.